The Balaban J connectivity index is 0.000000366. The Kier molecular flexibility index (Phi) is 12.3. The van der Waals surface area contributed by atoms with Crippen LogP contribution in [0.3, 0.4) is 0 Å². The Hall–Kier alpha value is -2.29. The van der Waals surface area contributed by atoms with Crippen molar-refractivity contribution >= 4 is 35.1 Å². The zero-order valence-electron chi connectivity index (χ0n) is 17.7. The summed E-state index contributed by atoms with van der Waals surface area (Å²) in [6.45, 7) is -0.569. The molecule has 1 heterocycles. The van der Waals surface area contributed by atoms with Crippen LogP contribution in [0.4, 0.5) is 5.69 Å². The molecule has 8 N–H and O–H groups in total. The third-order valence-electron chi connectivity index (χ3n) is 4.10. The molecule has 0 amide bonds. The van der Waals surface area contributed by atoms with E-state index in [0.717, 1.165) is 0 Å². The van der Waals surface area contributed by atoms with Crippen LogP contribution in [0.5, 0.6) is 11.6 Å². The average Bonchev–Trinajstić information content (AvgIpc) is 2.79. The lowest BCUT2D eigenvalue weighted by Gasteiger charge is -2.25. The molecule has 0 saturated carbocycles. The van der Waals surface area contributed by atoms with Gasteiger partial charge in [-0.3, -0.25) is 4.98 Å². The minimum atomic E-state index is -1.55. The number of rotatable bonds is 9. The lowest BCUT2D eigenvalue weighted by Crippen LogP contribution is -2.48. The molecule has 0 aliphatic heterocycles. The Morgan fingerprint density at radius 1 is 1.21 bits per heavy atom. The fourth-order valence-electron chi connectivity index (χ4n) is 2.34. The molecule has 2 rings (SSSR count). The van der Waals surface area contributed by atoms with Crippen LogP contribution in [-0.2, 0) is 0 Å². The van der Waals surface area contributed by atoms with E-state index >= 15 is 0 Å². The first kappa shape index (κ1) is 28.7. The molecular formula is C19H26Cl2N4O8. The van der Waals surface area contributed by atoms with Crippen LogP contribution in [0, 0.1) is 0 Å². The number of phenols is 1. The second-order valence-electron chi connectivity index (χ2n) is 6.55. The quantitative estimate of drug-likeness (QED) is 0.198. The van der Waals surface area contributed by atoms with Gasteiger partial charge in [0.1, 0.15) is 29.7 Å². The number of aliphatic hydroxyl groups excluding tert-OH is 5. The van der Waals surface area contributed by atoms with Gasteiger partial charge in [-0.25, -0.2) is 9.79 Å². The van der Waals surface area contributed by atoms with Crippen LogP contribution in [0.15, 0.2) is 28.1 Å². The standard InChI is InChI=1S/C12H9Cl2N3O3.C7H17NO5/c1-20-11-9(5-16-12(19)17-11)15-4-6-2-7(13)3-8(14)10(6)18;1-8-2-4(10)6(12)7(13)5(11)3-9/h2-5,18H,1H3,(H,16,17,19);4-13H,2-3H2,1H3. The summed E-state index contributed by atoms with van der Waals surface area (Å²) >= 11 is 11.6. The van der Waals surface area contributed by atoms with Gasteiger partial charge in [-0.05, 0) is 19.2 Å². The van der Waals surface area contributed by atoms with Gasteiger partial charge < -0.3 is 40.7 Å². The number of benzene rings is 1. The smallest absolute Gasteiger partial charge is 0.347 e. The Morgan fingerprint density at radius 2 is 1.85 bits per heavy atom. The molecule has 184 valence electrons. The highest BCUT2D eigenvalue weighted by atomic mass is 35.5. The van der Waals surface area contributed by atoms with Crippen molar-refractivity contribution in [3.63, 3.8) is 0 Å². The van der Waals surface area contributed by atoms with Gasteiger partial charge in [0.15, 0.2) is 0 Å². The summed E-state index contributed by atoms with van der Waals surface area (Å²) in [6.07, 6.45) is -3.06. The maximum absolute atomic E-state index is 11.0. The summed E-state index contributed by atoms with van der Waals surface area (Å²) in [5, 5.41) is 57.7. The summed E-state index contributed by atoms with van der Waals surface area (Å²) in [5.74, 6) is 0.0185. The zero-order valence-corrected chi connectivity index (χ0v) is 19.2. The molecule has 1 aromatic carbocycles. The lowest BCUT2D eigenvalue weighted by atomic mass is 10.0. The summed E-state index contributed by atoms with van der Waals surface area (Å²) in [4.78, 5) is 21.0. The van der Waals surface area contributed by atoms with Crippen LogP contribution in [0.1, 0.15) is 5.56 Å². The molecule has 4 unspecified atom stereocenters. The highest BCUT2D eigenvalue weighted by Crippen LogP contribution is 2.31. The highest BCUT2D eigenvalue weighted by molar-refractivity contribution is 6.36. The number of phenolic OH excluding ortho intramolecular Hbond substituents is 1. The van der Waals surface area contributed by atoms with E-state index in [0.29, 0.717) is 16.3 Å². The van der Waals surface area contributed by atoms with E-state index in [9.17, 15) is 15.0 Å². The number of aliphatic imine (C=N–C) groups is 1. The predicted molar refractivity (Wildman–Crippen MR) is 122 cm³/mol. The summed E-state index contributed by atoms with van der Waals surface area (Å²) in [6, 6.07) is 2.91. The maximum atomic E-state index is 11.0. The van der Waals surface area contributed by atoms with Gasteiger partial charge in [0.2, 0.25) is 5.88 Å². The summed E-state index contributed by atoms with van der Waals surface area (Å²) in [5.41, 5.74) is 0.0767. The van der Waals surface area contributed by atoms with Crippen molar-refractivity contribution in [1.82, 2.24) is 15.3 Å². The largest absolute Gasteiger partial charge is 0.506 e. The van der Waals surface area contributed by atoms with E-state index in [1.54, 1.807) is 7.05 Å². The molecule has 0 radical (unpaired) electrons. The number of aromatic amines is 1. The predicted octanol–water partition coefficient (Wildman–Crippen LogP) is -0.817. The van der Waals surface area contributed by atoms with Crippen molar-refractivity contribution in [1.29, 1.82) is 0 Å². The molecule has 0 bridgehead atoms. The fraction of sp³-hybridized carbons (Fsp3) is 0.421. The third-order valence-corrected chi connectivity index (χ3v) is 4.61. The minimum Gasteiger partial charge on any atom is -0.506 e. The molecule has 0 aliphatic rings. The number of likely N-dealkylation sites (N-methyl/N-ethyl adjacent to an activating group) is 1. The second-order valence-corrected chi connectivity index (χ2v) is 7.39. The van der Waals surface area contributed by atoms with Gasteiger partial charge in [0.05, 0.1) is 31.0 Å². The molecule has 12 nitrogen and oxygen atoms in total. The number of methoxy groups -OCH3 is 1. The van der Waals surface area contributed by atoms with Crippen molar-refractivity contribution in [3.05, 3.63) is 44.4 Å². The molecule has 14 heteroatoms. The van der Waals surface area contributed by atoms with Crippen molar-refractivity contribution in [2.75, 3.05) is 27.3 Å². The van der Waals surface area contributed by atoms with Crippen LogP contribution in [0.25, 0.3) is 0 Å². The molecule has 2 aromatic rings. The van der Waals surface area contributed by atoms with E-state index in [2.05, 4.69) is 20.3 Å². The Bertz CT molecular complexity index is 975. The first-order valence-electron chi connectivity index (χ1n) is 9.38. The number of aromatic nitrogens is 2. The maximum Gasteiger partial charge on any atom is 0.347 e. The van der Waals surface area contributed by atoms with E-state index in [1.165, 1.54) is 31.7 Å². The highest BCUT2D eigenvalue weighted by Gasteiger charge is 2.29. The van der Waals surface area contributed by atoms with E-state index in [1.807, 2.05) is 0 Å². The van der Waals surface area contributed by atoms with Gasteiger partial charge in [-0.1, -0.05) is 23.2 Å². The van der Waals surface area contributed by atoms with Crippen LogP contribution in [-0.4, -0.2) is 98.5 Å². The second kappa shape index (κ2) is 14.1. The SMILES string of the molecule is CNCC(O)C(O)C(O)C(O)CO.COc1[nH]c(=O)ncc1N=Cc1cc(Cl)cc(Cl)c1O. The van der Waals surface area contributed by atoms with Gasteiger partial charge in [-0.15, -0.1) is 0 Å². The number of hydrogen-bond acceptors (Lipinski definition) is 11. The van der Waals surface area contributed by atoms with Gasteiger partial charge >= 0.3 is 5.69 Å². The van der Waals surface area contributed by atoms with Crippen molar-refractivity contribution in [3.8, 4) is 11.6 Å². The van der Waals surface area contributed by atoms with E-state index < -0.39 is 36.7 Å². The number of halogens is 2. The van der Waals surface area contributed by atoms with Crippen molar-refractivity contribution in [2.24, 2.45) is 4.99 Å². The molecule has 4 atom stereocenters. The lowest BCUT2D eigenvalue weighted by molar-refractivity contribution is -0.113. The molecule has 33 heavy (non-hydrogen) atoms. The summed E-state index contributed by atoms with van der Waals surface area (Å²) in [7, 11) is 2.96. The number of aliphatic hydroxyl groups is 5. The average molecular weight is 509 g/mol. The van der Waals surface area contributed by atoms with Crippen molar-refractivity contribution in [2.45, 2.75) is 24.4 Å². The number of aromatic hydroxyl groups is 1. The molecule has 0 saturated heterocycles. The van der Waals surface area contributed by atoms with E-state index in [4.69, 9.17) is 48.4 Å². The van der Waals surface area contributed by atoms with Crippen molar-refractivity contribution < 1.29 is 35.4 Å². The Labute approximate surface area is 198 Å². The number of nitrogens with one attached hydrogen (secondary N) is 2. The third kappa shape index (κ3) is 8.87. The fourth-order valence-corrected chi connectivity index (χ4v) is 2.85. The van der Waals surface area contributed by atoms with Crippen LogP contribution >= 0.6 is 23.2 Å². The first-order valence-corrected chi connectivity index (χ1v) is 10.1. The number of H-pyrrole nitrogens is 1. The van der Waals surface area contributed by atoms with Gasteiger partial charge in [-0.2, -0.15) is 4.98 Å². The molecule has 0 fully saturated rings. The Morgan fingerprint density at radius 3 is 2.42 bits per heavy atom. The molecule has 1 aromatic heterocycles. The van der Waals surface area contributed by atoms with Gasteiger partial charge in [0, 0.05) is 23.3 Å². The van der Waals surface area contributed by atoms with Crippen LogP contribution in [0.2, 0.25) is 10.0 Å². The molecule has 0 spiro atoms. The number of ether oxygens (including phenoxy) is 1. The first-order chi connectivity index (χ1) is 15.5. The topological polar surface area (TPSA) is 201 Å². The normalized spacial score (nSPS) is 14.8. The van der Waals surface area contributed by atoms with Crippen LogP contribution < -0.4 is 15.7 Å². The monoisotopic (exact) mass is 508 g/mol. The minimum absolute atomic E-state index is 0.0936. The van der Waals surface area contributed by atoms with Gasteiger partial charge in [0.25, 0.3) is 0 Å². The molecular weight excluding hydrogens is 483 g/mol. The number of hydrogen-bond donors (Lipinski definition) is 8. The van der Waals surface area contributed by atoms with E-state index in [-0.39, 0.29) is 23.2 Å². The summed E-state index contributed by atoms with van der Waals surface area (Å²) < 4.78 is 4.97. The zero-order chi connectivity index (χ0) is 25.1. The number of nitrogens with zero attached hydrogens (tertiary/aromatic N) is 2. The molecule has 0 aliphatic carbocycles.